The van der Waals surface area contributed by atoms with Gasteiger partial charge in [-0.05, 0) is 36.8 Å². The fourth-order valence-electron chi connectivity index (χ4n) is 2.15. The van der Waals surface area contributed by atoms with Crippen LogP contribution in [0.15, 0.2) is 53.4 Å². The lowest BCUT2D eigenvalue weighted by Gasteiger charge is -2.21. The van der Waals surface area contributed by atoms with E-state index in [0.717, 1.165) is 5.56 Å². The molecule has 2 aromatic carbocycles. The van der Waals surface area contributed by atoms with Crippen molar-refractivity contribution in [2.45, 2.75) is 11.8 Å². The average Bonchev–Trinajstić information content (AvgIpc) is 2.54. The molecule has 6 heteroatoms. The Hall–Kier alpha value is -2.34. The summed E-state index contributed by atoms with van der Waals surface area (Å²) in [5, 5.41) is 2.48. The monoisotopic (exact) mass is 318 g/mol. The second kappa shape index (κ2) is 6.19. The summed E-state index contributed by atoms with van der Waals surface area (Å²) in [6.07, 6.45) is 0. The minimum Gasteiger partial charge on any atom is -0.355 e. The van der Waals surface area contributed by atoms with E-state index in [1.54, 1.807) is 24.3 Å². The van der Waals surface area contributed by atoms with Crippen molar-refractivity contribution in [2.24, 2.45) is 0 Å². The maximum atomic E-state index is 12.7. The number of carbonyl (C=O) groups excluding carboxylic acids is 1. The third-order valence-electron chi connectivity index (χ3n) is 3.44. The summed E-state index contributed by atoms with van der Waals surface area (Å²) in [7, 11) is -0.718. The van der Waals surface area contributed by atoms with Crippen LogP contribution in [0.2, 0.25) is 0 Å². The van der Waals surface area contributed by atoms with E-state index in [9.17, 15) is 13.2 Å². The van der Waals surface area contributed by atoms with Crippen LogP contribution < -0.4 is 9.62 Å². The first kappa shape index (κ1) is 16.0. The van der Waals surface area contributed by atoms with Crippen molar-refractivity contribution < 1.29 is 13.2 Å². The molecule has 116 valence electrons. The number of rotatable bonds is 4. The minimum absolute atomic E-state index is 0.0827. The third-order valence-corrected chi connectivity index (χ3v) is 5.20. The molecule has 0 fully saturated rings. The van der Waals surface area contributed by atoms with Crippen LogP contribution in [-0.4, -0.2) is 28.4 Å². The molecule has 2 aromatic rings. The van der Waals surface area contributed by atoms with Crippen molar-refractivity contribution in [3.63, 3.8) is 0 Å². The van der Waals surface area contributed by atoms with Gasteiger partial charge in [0.05, 0.1) is 10.6 Å². The summed E-state index contributed by atoms with van der Waals surface area (Å²) in [6.45, 7) is 1.85. The Bertz CT molecular complexity index is 801. The van der Waals surface area contributed by atoms with E-state index in [2.05, 4.69) is 5.32 Å². The zero-order valence-electron chi connectivity index (χ0n) is 12.7. The van der Waals surface area contributed by atoms with Crippen LogP contribution in [0.3, 0.4) is 0 Å². The quantitative estimate of drug-likeness (QED) is 0.939. The number of nitrogens with zero attached hydrogens (tertiary/aromatic N) is 1. The first-order valence-electron chi connectivity index (χ1n) is 6.74. The Morgan fingerprint density at radius 2 is 1.77 bits per heavy atom. The number of sulfonamides is 1. The highest BCUT2D eigenvalue weighted by Gasteiger charge is 2.23. The predicted octanol–water partition coefficient (Wildman–Crippen LogP) is 2.18. The van der Waals surface area contributed by atoms with Gasteiger partial charge in [-0.15, -0.1) is 0 Å². The molecule has 5 nitrogen and oxygen atoms in total. The van der Waals surface area contributed by atoms with Crippen LogP contribution in [0, 0.1) is 6.92 Å². The molecular formula is C16H18N2O3S. The second-order valence-electron chi connectivity index (χ2n) is 4.87. The van der Waals surface area contributed by atoms with Crippen molar-refractivity contribution in [2.75, 3.05) is 18.4 Å². The minimum atomic E-state index is -3.73. The van der Waals surface area contributed by atoms with Crippen LogP contribution in [-0.2, 0) is 10.0 Å². The van der Waals surface area contributed by atoms with Gasteiger partial charge in [-0.2, -0.15) is 0 Å². The highest BCUT2D eigenvalue weighted by Crippen LogP contribution is 2.25. The Kier molecular flexibility index (Phi) is 4.51. The van der Waals surface area contributed by atoms with Crippen molar-refractivity contribution in [3.05, 3.63) is 59.7 Å². The number of benzene rings is 2. The summed E-state index contributed by atoms with van der Waals surface area (Å²) in [5.74, 6) is -0.324. The molecule has 2 rings (SSSR count). The molecule has 22 heavy (non-hydrogen) atoms. The number of nitrogens with one attached hydrogen (secondary N) is 1. The number of hydrogen-bond acceptors (Lipinski definition) is 3. The molecule has 0 saturated heterocycles. The van der Waals surface area contributed by atoms with Crippen molar-refractivity contribution in [1.29, 1.82) is 0 Å². The van der Waals surface area contributed by atoms with Gasteiger partial charge in [0.15, 0.2) is 0 Å². The lowest BCUT2D eigenvalue weighted by molar-refractivity contribution is 0.0963. The zero-order chi connectivity index (χ0) is 16.3. The topological polar surface area (TPSA) is 66.5 Å². The van der Waals surface area contributed by atoms with E-state index in [1.165, 1.54) is 30.5 Å². The van der Waals surface area contributed by atoms with Crippen LogP contribution in [0.1, 0.15) is 15.9 Å². The molecular weight excluding hydrogens is 300 g/mol. The van der Waals surface area contributed by atoms with Gasteiger partial charge >= 0.3 is 0 Å². The second-order valence-corrected chi connectivity index (χ2v) is 6.84. The van der Waals surface area contributed by atoms with Gasteiger partial charge in [-0.1, -0.05) is 24.3 Å². The maximum Gasteiger partial charge on any atom is 0.264 e. The summed E-state index contributed by atoms with van der Waals surface area (Å²) < 4.78 is 26.7. The van der Waals surface area contributed by atoms with E-state index < -0.39 is 10.0 Å². The number of aryl methyl sites for hydroxylation is 1. The molecule has 0 radical (unpaired) electrons. The van der Waals surface area contributed by atoms with Gasteiger partial charge in [-0.25, -0.2) is 8.42 Å². The van der Waals surface area contributed by atoms with Crippen molar-refractivity contribution in [1.82, 2.24) is 5.32 Å². The molecule has 0 bridgehead atoms. The number of anilines is 1. The first-order chi connectivity index (χ1) is 10.4. The van der Waals surface area contributed by atoms with Gasteiger partial charge in [0.2, 0.25) is 0 Å². The molecule has 0 aliphatic heterocycles. The maximum absolute atomic E-state index is 12.7. The van der Waals surface area contributed by atoms with Gasteiger partial charge in [0.1, 0.15) is 0 Å². The van der Waals surface area contributed by atoms with Gasteiger partial charge in [0, 0.05) is 19.7 Å². The molecule has 0 aromatic heterocycles. The largest absolute Gasteiger partial charge is 0.355 e. The molecule has 0 atom stereocenters. The van der Waals surface area contributed by atoms with E-state index >= 15 is 0 Å². The van der Waals surface area contributed by atoms with E-state index in [0.29, 0.717) is 11.3 Å². The fraction of sp³-hybridized carbons (Fsp3) is 0.188. The third kappa shape index (κ3) is 2.96. The Balaban J connectivity index is 2.47. The molecule has 0 spiro atoms. The molecule has 0 aliphatic carbocycles. The Morgan fingerprint density at radius 1 is 1.09 bits per heavy atom. The standard InChI is InChI=1S/C16H18N2O3S/c1-12-7-4-5-10-15(12)18(3)22(20,21)14-9-6-8-13(11-14)16(19)17-2/h4-11H,1-3H3,(H,17,19). The molecule has 0 aliphatic rings. The fourth-order valence-corrected chi connectivity index (χ4v) is 3.45. The van der Waals surface area contributed by atoms with E-state index in [4.69, 9.17) is 0 Å². The van der Waals surface area contributed by atoms with Crippen molar-refractivity contribution >= 4 is 21.6 Å². The van der Waals surface area contributed by atoms with Crippen LogP contribution in [0.4, 0.5) is 5.69 Å². The summed E-state index contributed by atoms with van der Waals surface area (Å²) in [4.78, 5) is 11.7. The highest BCUT2D eigenvalue weighted by molar-refractivity contribution is 7.92. The van der Waals surface area contributed by atoms with Crippen molar-refractivity contribution in [3.8, 4) is 0 Å². The average molecular weight is 318 g/mol. The first-order valence-corrected chi connectivity index (χ1v) is 8.18. The number of para-hydroxylation sites is 1. The number of carbonyl (C=O) groups is 1. The van der Waals surface area contributed by atoms with Crippen LogP contribution in [0.25, 0.3) is 0 Å². The predicted molar refractivity (Wildman–Crippen MR) is 86.6 cm³/mol. The van der Waals surface area contributed by atoms with Crippen LogP contribution in [0.5, 0.6) is 0 Å². The van der Waals surface area contributed by atoms with Gasteiger partial charge < -0.3 is 5.32 Å². The number of amides is 1. The SMILES string of the molecule is CNC(=O)c1cccc(S(=O)(=O)N(C)c2ccccc2C)c1. The highest BCUT2D eigenvalue weighted by atomic mass is 32.2. The smallest absolute Gasteiger partial charge is 0.264 e. The Labute approximate surface area is 130 Å². The summed E-state index contributed by atoms with van der Waals surface area (Å²) in [6, 6.07) is 13.2. The molecule has 0 unspecified atom stereocenters. The molecule has 1 N–H and O–H groups in total. The summed E-state index contributed by atoms with van der Waals surface area (Å²) in [5.41, 5.74) is 1.77. The number of hydrogen-bond donors (Lipinski definition) is 1. The Morgan fingerprint density at radius 3 is 2.41 bits per heavy atom. The molecule has 0 heterocycles. The van der Waals surface area contributed by atoms with E-state index in [-0.39, 0.29) is 10.8 Å². The molecule has 1 amide bonds. The lowest BCUT2D eigenvalue weighted by atomic mass is 10.2. The summed E-state index contributed by atoms with van der Waals surface area (Å²) >= 11 is 0. The molecule has 0 saturated carbocycles. The lowest BCUT2D eigenvalue weighted by Crippen LogP contribution is -2.27. The zero-order valence-corrected chi connectivity index (χ0v) is 13.5. The van der Waals surface area contributed by atoms with E-state index in [1.807, 2.05) is 19.1 Å². The van der Waals surface area contributed by atoms with Crippen LogP contribution >= 0.6 is 0 Å². The normalized spacial score (nSPS) is 11.0. The van der Waals surface area contributed by atoms with Gasteiger partial charge in [0.25, 0.3) is 15.9 Å². The van der Waals surface area contributed by atoms with Gasteiger partial charge in [-0.3, -0.25) is 9.10 Å².